The molecule has 0 radical (unpaired) electrons. The number of rotatable bonds is 6. The molecule has 5 heteroatoms. The highest BCUT2D eigenvalue weighted by molar-refractivity contribution is 5.34. The first kappa shape index (κ1) is 13.5. The minimum absolute atomic E-state index is 0.399. The second kappa shape index (κ2) is 6.33. The molecule has 5 nitrogen and oxygen atoms in total. The number of hydrogen-bond acceptors (Lipinski definition) is 5. The summed E-state index contributed by atoms with van der Waals surface area (Å²) in [5, 5.41) is 7.20. The molecular weight excluding hydrogens is 242 g/mol. The van der Waals surface area contributed by atoms with E-state index in [0.717, 1.165) is 11.3 Å². The van der Waals surface area contributed by atoms with Gasteiger partial charge in [0, 0.05) is 11.6 Å². The van der Waals surface area contributed by atoms with Crippen LogP contribution in [-0.2, 0) is 13.0 Å². The highest BCUT2D eigenvalue weighted by Gasteiger charge is 2.10. The van der Waals surface area contributed by atoms with Crippen molar-refractivity contribution in [2.24, 2.45) is 0 Å². The summed E-state index contributed by atoms with van der Waals surface area (Å²) in [6.07, 6.45) is 0.582. The summed E-state index contributed by atoms with van der Waals surface area (Å²) in [5.74, 6) is 2.12. The highest BCUT2D eigenvalue weighted by atomic mass is 16.5. The quantitative estimate of drug-likeness (QED) is 0.863. The summed E-state index contributed by atoms with van der Waals surface area (Å²) in [6.45, 7) is 4.78. The maximum atomic E-state index is 5.30. The molecule has 0 saturated carbocycles. The number of hydrogen-bond donors (Lipinski definition) is 1. The van der Waals surface area contributed by atoms with E-state index in [1.165, 1.54) is 0 Å². The summed E-state index contributed by atoms with van der Waals surface area (Å²) >= 11 is 0. The fourth-order valence-corrected chi connectivity index (χ4v) is 1.74. The average molecular weight is 261 g/mol. The van der Waals surface area contributed by atoms with E-state index >= 15 is 0 Å². The van der Waals surface area contributed by atoms with E-state index in [4.69, 9.17) is 9.26 Å². The van der Waals surface area contributed by atoms with Crippen molar-refractivity contribution >= 4 is 0 Å². The Labute approximate surface area is 113 Å². The standard InChI is InChI=1S/C14H19N3O2/c1-10(2)15-9-13-16-14(19-17-13)8-11-6-4-5-7-12(11)18-3/h4-7,10,15H,8-9H2,1-3H3. The Hall–Kier alpha value is -1.88. The lowest BCUT2D eigenvalue weighted by molar-refractivity contribution is 0.372. The maximum absolute atomic E-state index is 5.30. The zero-order chi connectivity index (χ0) is 13.7. The van der Waals surface area contributed by atoms with Crippen molar-refractivity contribution in [2.45, 2.75) is 32.9 Å². The minimum atomic E-state index is 0.399. The molecule has 0 aliphatic rings. The van der Waals surface area contributed by atoms with Crippen molar-refractivity contribution in [2.75, 3.05) is 7.11 Å². The number of ether oxygens (including phenoxy) is 1. The van der Waals surface area contributed by atoms with Gasteiger partial charge in [-0.05, 0) is 6.07 Å². The third-order valence-corrected chi connectivity index (χ3v) is 2.71. The molecule has 0 aliphatic heterocycles. The zero-order valence-corrected chi connectivity index (χ0v) is 11.5. The summed E-state index contributed by atoms with van der Waals surface area (Å²) < 4.78 is 10.5. The molecule has 0 spiro atoms. The predicted molar refractivity (Wildman–Crippen MR) is 72.1 cm³/mol. The fraction of sp³-hybridized carbons (Fsp3) is 0.429. The molecule has 0 amide bonds. The number of aromatic nitrogens is 2. The molecule has 0 fully saturated rings. The largest absolute Gasteiger partial charge is 0.496 e. The van der Waals surface area contributed by atoms with Crippen LogP contribution in [0, 0.1) is 0 Å². The van der Waals surface area contributed by atoms with E-state index in [1.807, 2.05) is 24.3 Å². The second-order valence-corrected chi connectivity index (χ2v) is 4.63. The van der Waals surface area contributed by atoms with Gasteiger partial charge in [0.15, 0.2) is 5.82 Å². The molecule has 2 rings (SSSR count). The number of para-hydroxylation sites is 1. The van der Waals surface area contributed by atoms with E-state index in [2.05, 4.69) is 29.3 Å². The maximum Gasteiger partial charge on any atom is 0.231 e. The molecule has 0 unspecified atom stereocenters. The molecule has 0 aliphatic carbocycles. The lowest BCUT2D eigenvalue weighted by Gasteiger charge is -2.05. The van der Waals surface area contributed by atoms with Crippen LogP contribution in [0.3, 0.4) is 0 Å². The highest BCUT2D eigenvalue weighted by Crippen LogP contribution is 2.20. The number of nitrogens with zero attached hydrogens (tertiary/aromatic N) is 2. The van der Waals surface area contributed by atoms with Gasteiger partial charge >= 0.3 is 0 Å². The van der Waals surface area contributed by atoms with Crippen molar-refractivity contribution in [3.05, 3.63) is 41.5 Å². The third-order valence-electron chi connectivity index (χ3n) is 2.71. The van der Waals surface area contributed by atoms with E-state index in [-0.39, 0.29) is 0 Å². The van der Waals surface area contributed by atoms with E-state index in [1.54, 1.807) is 7.11 Å². The van der Waals surface area contributed by atoms with Crippen LogP contribution in [0.2, 0.25) is 0 Å². The minimum Gasteiger partial charge on any atom is -0.496 e. The van der Waals surface area contributed by atoms with Crippen molar-refractivity contribution in [3.63, 3.8) is 0 Å². The van der Waals surface area contributed by atoms with E-state index in [0.29, 0.717) is 30.7 Å². The predicted octanol–water partition coefficient (Wildman–Crippen LogP) is 2.17. The Kier molecular flexibility index (Phi) is 4.52. The fourth-order valence-electron chi connectivity index (χ4n) is 1.74. The van der Waals surface area contributed by atoms with Gasteiger partial charge in [0.25, 0.3) is 0 Å². The van der Waals surface area contributed by atoms with Crippen LogP contribution in [-0.4, -0.2) is 23.3 Å². The van der Waals surface area contributed by atoms with Gasteiger partial charge < -0.3 is 14.6 Å². The van der Waals surface area contributed by atoms with Crippen LogP contribution in [0.15, 0.2) is 28.8 Å². The number of benzene rings is 1. The topological polar surface area (TPSA) is 60.2 Å². The number of methoxy groups -OCH3 is 1. The van der Waals surface area contributed by atoms with Gasteiger partial charge in [-0.15, -0.1) is 0 Å². The Morgan fingerprint density at radius 2 is 2.11 bits per heavy atom. The lowest BCUT2D eigenvalue weighted by Crippen LogP contribution is -2.22. The van der Waals surface area contributed by atoms with E-state index < -0.39 is 0 Å². The lowest BCUT2D eigenvalue weighted by atomic mass is 10.1. The summed E-state index contributed by atoms with van der Waals surface area (Å²) in [5.41, 5.74) is 1.04. The summed E-state index contributed by atoms with van der Waals surface area (Å²) in [6, 6.07) is 8.22. The Morgan fingerprint density at radius 3 is 2.84 bits per heavy atom. The Balaban J connectivity index is 2.03. The zero-order valence-electron chi connectivity index (χ0n) is 11.5. The SMILES string of the molecule is COc1ccccc1Cc1nc(CNC(C)C)no1. The van der Waals surface area contributed by atoms with Crippen LogP contribution in [0.25, 0.3) is 0 Å². The molecule has 1 heterocycles. The second-order valence-electron chi connectivity index (χ2n) is 4.63. The third kappa shape index (κ3) is 3.79. The van der Waals surface area contributed by atoms with Crippen LogP contribution < -0.4 is 10.1 Å². The molecule has 1 aromatic carbocycles. The van der Waals surface area contributed by atoms with Crippen LogP contribution in [0.1, 0.15) is 31.1 Å². The molecule has 0 saturated heterocycles. The van der Waals surface area contributed by atoms with Gasteiger partial charge in [-0.3, -0.25) is 0 Å². The smallest absolute Gasteiger partial charge is 0.231 e. The summed E-state index contributed by atoms with van der Waals surface area (Å²) in [4.78, 5) is 4.36. The van der Waals surface area contributed by atoms with Crippen molar-refractivity contribution < 1.29 is 9.26 Å². The van der Waals surface area contributed by atoms with Crippen molar-refractivity contribution in [1.82, 2.24) is 15.5 Å². The number of nitrogens with one attached hydrogen (secondary N) is 1. The summed E-state index contributed by atoms with van der Waals surface area (Å²) in [7, 11) is 1.66. The molecule has 1 aromatic heterocycles. The Bertz CT molecular complexity index is 523. The van der Waals surface area contributed by atoms with E-state index in [9.17, 15) is 0 Å². The molecule has 102 valence electrons. The van der Waals surface area contributed by atoms with Gasteiger partial charge in [0.05, 0.1) is 20.1 Å². The van der Waals surface area contributed by atoms with Crippen LogP contribution in [0.5, 0.6) is 5.75 Å². The molecule has 0 bridgehead atoms. The van der Waals surface area contributed by atoms with Gasteiger partial charge in [-0.2, -0.15) is 4.98 Å². The van der Waals surface area contributed by atoms with Crippen LogP contribution >= 0.6 is 0 Å². The van der Waals surface area contributed by atoms with Crippen molar-refractivity contribution in [1.29, 1.82) is 0 Å². The van der Waals surface area contributed by atoms with Crippen molar-refractivity contribution in [3.8, 4) is 5.75 Å². The molecule has 0 atom stereocenters. The molecule has 19 heavy (non-hydrogen) atoms. The van der Waals surface area contributed by atoms with Gasteiger partial charge in [0.2, 0.25) is 5.89 Å². The van der Waals surface area contributed by atoms with Gasteiger partial charge in [0.1, 0.15) is 5.75 Å². The molecule has 1 N–H and O–H groups in total. The Morgan fingerprint density at radius 1 is 1.32 bits per heavy atom. The van der Waals surface area contributed by atoms with Gasteiger partial charge in [-0.25, -0.2) is 0 Å². The average Bonchev–Trinajstić information content (AvgIpc) is 2.85. The first-order chi connectivity index (χ1) is 9.19. The first-order valence-electron chi connectivity index (χ1n) is 6.35. The van der Waals surface area contributed by atoms with Gasteiger partial charge in [-0.1, -0.05) is 37.2 Å². The molecule has 2 aromatic rings. The monoisotopic (exact) mass is 261 g/mol. The molecular formula is C14H19N3O2. The normalized spacial score (nSPS) is 10.9. The first-order valence-corrected chi connectivity index (χ1v) is 6.35. The van der Waals surface area contributed by atoms with Crippen LogP contribution in [0.4, 0.5) is 0 Å².